The summed E-state index contributed by atoms with van der Waals surface area (Å²) in [4.78, 5) is 37.5. The summed E-state index contributed by atoms with van der Waals surface area (Å²) >= 11 is 0. The molecule has 1 saturated heterocycles. The summed E-state index contributed by atoms with van der Waals surface area (Å²) in [5, 5.41) is 0. The summed E-state index contributed by atoms with van der Waals surface area (Å²) < 4.78 is 18.7. The van der Waals surface area contributed by atoms with Crippen LogP contribution in [0.25, 0.3) is 0 Å². The van der Waals surface area contributed by atoms with Crippen LogP contribution in [0.1, 0.15) is 12.8 Å². The minimum atomic E-state index is -1.10. The Morgan fingerprint density at radius 2 is 2.32 bits per heavy atom. The molecule has 1 fully saturated rings. The van der Waals surface area contributed by atoms with E-state index in [4.69, 9.17) is 4.74 Å². The number of halogens is 1. The molecular weight excluding hydrogens is 257 g/mol. The van der Waals surface area contributed by atoms with Gasteiger partial charge in [-0.2, -0.15) is 4.39 Å². The fraction of sp³-hybridized carbons (Fsp3) is 0.545. The average molecular weight is 271 g/mol. The molecule has 0 aromatic carbocycles. The fourth-order valence-corrected chi connectivity index (χ4v) is 2.02. The van der Waals surface area contributed by atoms with E-state index in [-0.39, 0.29) is 6.04 Å². The van der Waals surface area contributed by atoms with Crippen LogP contribution in [0.3, 0.4) is 0 Å². The van der Waals surface area contributed by atoms with Crippen LogP contribution in [0.15, 0.2) is 15.8 Å². The van der Waals surface area contributed by atoms with Gasteiger partial charge in [-0.05, 0) is 26.4 Å². The minimum Gasteiger partial charge on any atom is -0.443 e. The lowest BCUT2D eigenvalue weighted by atomic mass is 10.2. The zero-order valence-corrected chi connectivity index (χ0v) is 10.4. The number of likely N-dealkylation sites (tertiary alicyclic amines) is 1. The number of ether oxygens (including phenoxy) is 1. The summed E-state index contributed by atoms with van der Waals surface area (Å²) in [5.41, 5.74) is -1.91. The molecule has 0 saturated carbocycles. The minimum absolute atomic E-state index is 0.330. The van der Waals surface area contributed by atoms with Crippen molar-refractivity contribution in [2.75, 3.05) is 13.6 Å². The Morgan fingerprint density at radius 1 is 1.58 bits per heavy atom. The van der Waals surface area contributed by atoms with Gasteiger partial charge in [0.1, 0.15) is 6.04 Å². The van der Waals surface area contributed by atoms with Crippen molar-refractivity contribution in [2.24, 2.45) is 0 Å². The van der Waals surface area contributed by atoms with Gasteiger partial charge in [0.05, 0.1) is 6.20 Å². The van der Waals surface area contributed by atoms with E-state index in [0.717, 1.165) is 17.5 Å². The third-order valence-corrected chi connectivity index (χ3v) is 3.11. The van der Waals surface area contributed by atoms with Crippen molar-refractivity contribution in [3.05, 3.63) is 32.9 Å². The number of carbonyl (C=O) groups is 1. The molecule has 0 radical (unpaired) electrons. The standard InChI is InChI=1S/C11H14FN3O4/c1-14-4-2-3-8(14)10(17)19-6-15-5-7(12)9(16)13-11(15)18/h5,8H,2-4,6H2,1H3,(H,13,16,18). The molecule has 1 aromatic rings. The van der Waals surface area contributed by atoms with Crippen molar-refractivity contribution in [3.63, 3.8) is 0 Å². The van der Waals surface area contributed by atoms with E-state index in [2.05, 4.69) is 0 Å². The Bertz CT molecular complexity index is 594. The molecule has 0 amide bonds. The van der Waals surface area contributed by atoms with E-state index in [9.17, 15) is 18.8 Å². The summed E-state index contributed by atoms with van der Waals surface area (Å²) in [6.45, 7) is 0.392. The van der Waals surface area contributed by atoms with Crippen LogP contribution in [-0.2, 0) is 16.3 Å². The number of nitrogens with zero attached hydrogens (tertiary/aromatic N) is 2. The largest absolute Gasteiger partial charge is 0.443 e. The van der Waals surface area contributed by atoms with Crippen molar-refractivity contribution < 1.29 is 13.9 Å². The summed E-state index contributed by atoms with van der Waals surface area (Å²) in [6.07, 6.45) is 2.32. The highest BCUT2D eigenvalue weighted by Crippen LogP contribution is 2.15. The van der Waals surface area contributed by atoms with Crippen LogP contribution in [0.4, 0.5) is 4.39 Å². The molecule has 1 atom stereocenters. The number of hydrogen-bond donors (Lipinski definition) is 1. The molecule has 7 nitrogen and oxygen atoms in total. The Kier molecular flexibility index (Phi) is 3.79. The Hall–Kier alpha value is -1.96. The number of H-pyrrole nitrogens is 1. The lowest BCUT2D eigenvalue weighted by molar-refractivity contribution is -0.152. The number of carbonyl (C=O) groups excluding carboxylic acids is 1. The Labute approximate surface area is 107 Å². The number of aromatic nitrogens is 2. The third-order valence-electron chi connectivity index (χ3n) is 3.11. The lowest BCUT2D eigenvalue weighted by Gasteiger charge is -2.17. The van der Waals surface area contributed by atoms with Gasteiger partial charge in [0.2, 0.25) is 5.82 Å². The molecular formula is C11H14FN3O4. The molecule has 0 aliphatic carbocycles. The van der Waals surface area contributed by atoms with Crippen LogP contribution >= 0.6 is 0 Å². The van der Waals surface area contributed by atoms with Crippen LogP contribution in [0, 0.1) is 5.82 Å². The van der Waals surface area contributed by atoms with Gasteiger partial charge in [0.25, 0.3) is 5.56 Å². The first kappa shape index (κ1) is 13.5. The van der Waals surface area contributed by atoms with Gasteiger partial charge in [0.15, 0.2) is 6.73 Å². The molecule has 1 aliphatic heterocycles. The van der Waals surface area contributed by atoms with Gasteiger partial charge < -0.3 is 4.74 Å². The predicted octanol–water partition coefficient (Wildman–Crippen LogP) is -0.729. The molecule has 8 heteroatoms. The monoisotopic (exact) mass is 271 g/mol. The smallest absolute Gasteiger partial charge is 0.331 e. The first-order chi connectivity index (χ1) is 8.99. The molecule has 2 rings (SSSR count). The van der Waals surface area contributed by atoms with E-state index in [0.29, 0.717) is 12.6 Å². The van der Waals surface area contributed by atoms with Crippen molar-refractivity contribution in [1.29, 1.82) is 0 Å². The van der Waals surface area contributed by atoms with Crippen molar-refractivity contribution >= 4 is 5.97 Å². The van der Waals surface area contributed by atoms with Gasteiger partial charge in [-0.3, -0.25) is 24.0 Å². The number of rotatable bonds is 3. The van der Waals surface area contributed by atoms with Crippen molar-refractivity contribution in [2.45, 2.75) is 25.6 Å². The maximum atomic E-state index is 13.0. The predicted molar refractivity (Wildman–Crippen MR) is 63.0 cm³/mol. The average Bonchev–Trinajstić information content (AvgIpc) is 2.78. The number of aromatic amines is 1. The van der Waals surface area contributed by atoms with Gasteiger partial charge in [0, 0.05) is 0 Å². The van der Waals surface area contributed by atoms with E-state index >= 15 is 0 Å². The number of esters is 1. The van der Waals surface area contributed by atoms with E-state index in [1.54, 1.807) is 4.98 Å². The van der Waals surface area contributed by atoms with Crippen LogP contribution < -0.4 is 11.2 Å². The maximum absolute atomic E-state index is 13.0. The second-order valence-electron chi connectivity index (χ2n) is 4.44. The van der Waals surface area contributed by atoms with Crippen LogP contribution in [0.2, 0.25) is 0 Å². The Balaban J connectivity index is 2.03. The molecule has 0 bridgehead atoms. The normalized spacial score (nSPS) is 19.6. The van der Waals surface area contributed by atoms with E-state index < -0.39 is 29.8 Å². The molecule has 19 heavy (non-hydrogen) atoms. The van der Waals surface area contributed by atoms with E-state index in [1.807, 2.05) is 11.9 Å². The first-order valence-electron chi connectivity index (χ1n) is 5.85. The van der Waals surface area contributed by atoms with Gasteiger partial charge in [-0.15, -0.1) is 0 Å². The number of hydrogen-bond acceptors (Lipinski definition) is 5. The highest BCUT2D eigenvalue weighted by atomic mass is 19.1. The highest BCUT2D eigenvalue weighted by molar-refractivity contribution is 5.75. The highest BCUT2D eigenvalue weighted by Gasteiger charge is 2.29. The maximum Gasteiger partial charge on any atom is 0.331 e. The third kappa shape index (κ3) is 2.90. The molecule has 1 unspecified atom stereocenters. The lowest BCUT2D eigenvalue weighted by Crippen LogP contribution is -2.37. The molecule has 1 N–H and O–H groups in total. The van der Waals surface area contributed by atoms with Crippen LogP contribution in [-0.4, -0.2) is 40.1 Å². The molecule has 0 spiro atoms. The zero-order chi connectivity index (χ0) is 14.0. The molecule has 1 aliphatic rings. The van der Waals surface area contributed by atoms with Gasteiger partial charge in [-0.25, -0.2) is 4.79 Å². The summed E-state index contributed by atoms with van der Waals surface area (Å²) in [5.74, 6) is -1.56. The number of nitrogens with one attached hydrogen (secondary N) is 1. The zero-order valence-electron chi connectivity index (χ0n) is 10.4. The SMILES string of the molecule is CN1CCCC1C(=O)OCn1cc(F)c(=O)[nH]c1=O. The summed E-state index contributed by atoms with van der Waals surface area (Å²) in [7, 11) is 1.81. The van der Waals surface area contributed by atoms with Crippen molar-refractivity contribution in [3.8, 4) is 0 Å². The van der Waals surface area contributed by atoms with E-state index in [1.165, 1.54) is 0 Å². The summed E-state index contributed by atoms with van der Waals surface area (Å²) in [6, 6.07) is -0.330. The second kappa shape index (κ2) is 5.35. The quantitative estimate of drug-likeness (QED) is 0.733. The van der Waals surface area contributed by atoms with Crippen molar-refractivity contribution in [1.82, 2.24) is 14.5 Å². The molecule has 1 aromatic heterocycles. The first-order valence-corrected chi connectivity index (χ1v) is 5.85. The number of likely N-dealkylation sites (N-methyl/N-ethyl adjacent to an activating group) is 1. The second-order valence-corrected chi connectivity index (χ2v) is 4.44. The Morgan fingerprint density at radius 3 is 2.95 bits per heavy atom. The van der Waals surface area contributed by atoms with Gasteiger partial charge in [-0.1, -0.05) is 0 Å². The molecule has 2 heterocycles. The van der Waals surface area contributed by atoms with Crippen LogP contribution in [0.5, 0.6) is 0 Å². The topological polar surface area (TPSA) is 84.4 Å². The molecule has 104 valence electrons. The fourth-order valence-electron chi connectivity index (χ4n) is 2.02. The van der Waals surface area contributed by atoms with Gasteiger partial charge >= 0.3 is 11.7 Å².